The lowest BCUT2D eigenvalue weighted by Crippen LogP contribution is -2.40. The Bertz CT molecular complexity index is 619. The Kier molecular flexibility index (Phi) is 8.85. The van der Waals surface area contributed by atoms with Crippen molar-refractivity contribution in [1.82, 2.24) is 0 Å². The van der Waals surface area contributed by atoms with E-state index >= 15 is 0 Å². The fourth-order valence-corrected chi connectivity index (χ4v) is 3.28. The number of ether oxygens (including phenoxy) is 3. The monoisotopic (exact) mass is 378 g/mol. The fourth-order valence-electron chi connectivity index (χ4n) is 2.19. The van der Waals surface area contributed by atoms with Crippen molar-refractivity contribution < 1.29 is 18.6 Å². The first kappa shape index (κ1) is 22.7. The van der Waals surface area contributed by atoms with E-state index in [1.165, 1.54) is 0 Å². The highest BCUT2D eigenvalue weighted by molar-refractivity contribution is 6.74. The lowest BCUT2D eigenvalue weighted by atomic mass is 10.1. The van der Waals surface area contributed by atoms with Crippen LogP contribution >= 0.6 is 0 Å². The molecule has 26 heavy (non-hydrogen) atoms. The van der Waals surface area contributed by atoms with Gasteiger partial charge in [-0.1, -0.05) is 32.6 Å². The van der Waals surface area contributed by atoms with Gasteiger partial charge < -0.3 is 18.6 Å². The Morgan fingerprint density at radius 2 is 1.73 bits per heavy atom. The van der Waals surface area contributed by atoms with Crippen molar-refractivity contribution >= 4 is 8.32 Å². The SMILES string of the molecule is COc1ccc(C#CCCCO[Si](C)(C)C(C)(C)C)c(C(OC)OC)c1. The van der Waals surface area contributed by atoms with Crippen LogP contribution < -0.4 is 4.74 Å². The average molecular weight is 379 g/mol. The summed E-state index contributed by atoms with van der Waals surface area (Å²) in [6.45, 7) is 12.1. The molecule has 0 heterocycles. The third-order valence-corrected chi connectivity index (χ3v) is 9.42. The molecule has 0 fully saturated rings. The van der Waals surface area contributed by atoms with E-state index in [9.17, 15) is 0 Å². The molecule has 0 aromatic heterocycles. The van der Waals surface area contributed by atoms with Gasteiger partial charge in [0.05, 0.1) is 7.11 Å². The van der Waals surface area contributed by atoms with Crippen LogP contribution in [0.25, 0.3) is 0 Å². The van der Waals surface area contributed by atoms with Crippen LogP contribution in [0.3, 0.4) is 0 Å². The van der Waals surface area contributed by atoms with E-state index in [0.29, 0.717) is 0 Å². The number of benzene rings is 1. The number of rotatable bonds is 8. The number of hydrogen-bond donors (Lipinski definition) is 0. The van der Waals surface area contributed by atoms with Gasteiger partial charge in [0.25, 0.3) is 0 Å². The van der Waals surface area contributed by atoms with Crippen molar-refractivity contribution in [3.63, 3.8) is 0 Å². The van der Waals surface area contributed by atoms with E-state index in [4.69, 9.17) is 18.6 Å². The molecule has 0 saturated heterocycles. The van der Waals surface area contributed by atoms with Crippen LogP contribution in [0.4, 0.5) is 0 Å². The Morgan fingerprint density at radius 3 is 2.27 bits per heavy atom. The van der Waals surface area contributed by atoms with Crippen molar-refractivity contribution in [2.75, 3.05) is 27.9 Å². The van der Waals surface area contributed by atoms with Gasteiger partial charge in [0.2, 0.25) is 0 Å². The molecular weight excluding hydrogens is 344 g/mol. The minimum atomic E-state index is -1.67. The van der Waals surface area contributed by atoms with E-state index < -0.39 is 14.6 Å². The molecule has 5 heteroatoms. The van der Waals surface area contributed by atoms with Gasteiger partial charge in [0, 0.05) is 38.4 Å². The zero-order valence-corrected chi connectivity index (χ0v) is 18.6. The van der Waals surface area contributed by atoms with Crippen molar-refractivity contribution in [2.45, 2.75) is 58.0 Å². The summed E-state index contributed by atoms with van der Waals surface area (Å²) < 4.78 is 22.2. The van der Waals surface area contributed by atoms with Crippen LogP contribution in [0.2, 0.25) is 18.1 Å². The summed E-state index contributed by atoms with van der Waals surface area (Å²) in [6.07, 6.45) is 1.27. The minimum absolute atomic E-state index is 0.242. The summed E-state index contributed by atoms with van der Waals surface area (Å²) in [6, 6.07) is 5.75. The predicted molar refractivity (Wildman–Crippen MR) is 109 cm³/mol. The van der Waals surface area contributed by atoms with Gasteiger partial charge in [0.15, 0.2) is 14.6 Å². The minimum Gasteiger partial charge on any atom is -0.497 e. The Labute approximate surface area is 160 Å². The van der Waals surface area contributed by atoms with Crippen molar-refractivity contribution in [3.05, 3.63) is 29.3 Å². The standard InChI is InChI=1S/C21H34O4Si/c1-21(2,3)26(7,8)25-15-11-9-10-12-17-13-14-18(22-4)16-19(17)20(23-5)24-6/h13-14,16,20H,9,11,15H2,1-8H3. The summed E-state index contributed by atoms with van der Waals surface area (Å²) in [7, 11) is 3.20. The van der Waals surface area contributed by atoms with Crippen LogP contribution in [0.15, 0.2) is 18.2 Å². The summed E-state index contributed by atoms with van der Waals surface area (Å²) >= 11 is 0. The molecule has 4 nitrogen and oxygen atoms in total. The maximum absolute atomic E-state index is 6.19. The highest BCUT2D eigenvalue weighted by atomic mass is 28.4. The highest BCUT2D eigenvalue weighted by Crippen LogP contribution is 2.36. The molecule has 0 aliphatic carbocycles. The lowest BCUT2D eigenvalue weighted by Gasteiger charge is -2.36. The molecule has 0 amide bonds. The molecule has 0 aliphatic heterocycles. The van der Waals surface area contributed by atoms with Crippen LogP contribution in [0.5, 0.6) is 5.75 Å². The molecule has 0 bridgehead atoms. The van der Waals surface area contributed by atoms with E-state index in [2.05, 4.69) is 45.7 Å². The maximum Gasteiger partial charge on any atom is 0.191 e. The third kappa shape index (κ3) is 6.44. The molecule has 146 valence electrons. The molecule has 0 saturated carbocycles. The predicted octanol–water partition coefficient (Wildman–Crippen LogP) is 5.14. The smallest absolute Gasteiger partial charge is 0.191 e. The lowest BCUT2D eigenvalue weighted by molar-refractivity contribution is -0.106. The van der Waals surface area contributed by atoms with Crippen LogP contribution in [-0.2, 0) is 13.9 Å². The van der Waals surface area contributed by atoms with Gasteiger partial charge in [-0.3, -0.25) is 0 Å². The van der Waals surface area contributed by atoms with Crippen molar-refractivity contribution in [1.29, 1.82) is 0 Å². The summed E-state index contributed by atoms with van der Waals surface area (Å²) in [5.41, 5.74) is 1.77. The second kappa shape index (κ2) is 10.1. The number of methoxy groups -OCH3 is 3. The average Bonchev–Trinajstić information content (AvgIpc) is 2.58. The Morgan fingerprint density at radius 1 is 1.08 bits per heavy atom. The molecule has 0 spiro atoms. The Balaban J connectivity index is 2.70. The summed E-state index contributed by atoms with van der Waals surface area (Å²) in [4.78, 5) is 0. The van der Waals surface area contributed by atoms with Crippen molar-refractivity contribution in [3.8, 4) is 17.6 Å². The van der Waals surface area contributed by atoms with E-state index in [-0.39, 0.29) is 5.04 Å². The van der Waals surface area contributed by atoms with Gasteiger partial charge >= 0.3 is 0 Å². The first-order valence-electron chi connectivity index (χ1n) is 9.02. The molecule has 0 unspecified atom stereocenters. The zero-order valence-electron chi connectivity index (χ0n) is 17.6. The van der Waals surface area contributed by atoms with Gasteiger partial charge in [0.1, 0.15) is 5.75 Å². The second-order valence-electron chi connectivity index (χ2n) is 7.77. The van der Waals surface area contributed by atoms with Gasteiger partial charge in [-0.2, -0.15) is 0 Å². The van der Waals surface area contributed by atoms with E-state index in [1.807, 2.05) is 18.2 Å². The molecule has 0 radical (unpaired) electrons. The topological polar surface area (TPSA) is 36.9 Å². The van der Waals surface area contributed by atoms with Crippen LogP contribution in [0, 0.1) is 11.8 Å². The molecule has 0 atom stereocenters. The van der Waals surface area contributed by atoms with E-state index in [1.54, 1.807) is 21.3 Å². The van der Waals surface area contributed by atoms with Crippen molar-refractivity contribution in [2.24, 2.45) is 0 Å². The second-order valence-corrected chi connectivity index (χ2v) is 12.6. The molecule has 1 rings (SSSR count). The fraction of sp³-hybridized carbons (Fsp3) is 0.619. The highest BCUT2D eigenvalue weighted by Gasteiger charge is 2.36. The van der Waals surface area contributed by atoms with Gasteiger partial charge in [-0.25, -0.2) is 0 Å². The normalized spacial score (nSPS) is 12.0. The van der Waals surface area contributed by atoms with Gasteiger partial charge in [-0.15, -0.1) is 0 Å². The molecule has 1 aromatic rings. The van der Waals surface area contributed by atoms with Crippen LogP contribution in [0.1, 0.15) is 51.0 Å². The van der Waals surface area contributed by atoms with Gasteiger partial charge in [-0.05, 0) is 42.8 Å². The van der Waals surface area contributed by atoms with E-state index in [0.717, 1.165) is 36.3 Å². The third-order valence-electron chi connectivity index (χ3n) is 4.88. The molecule has 0 N–H and O–H groups in total. The number of unbranched alkanes of at least 4 members (excludes halogenated alkanes) is 1. The maximum atomic E-state index is 6.19. The molecule has 1 aromatic carbocycles. The largest absolute Gasteiger partial charge is 0.497 e. The molecule has 0 aliphatic rings. The molecular formula is C21H34O4Si. The summed E-state index contributed by atoms with van der Waals surface area (Å²) in [5, 5.41) is 0.242. The summed E-state index contributed by atoms with van der Waals surface area (Å²) in [5.74, 6) is 7.23. The first-order valence-corrected chi connectivity index (χ1v) is 11.9. The van der Waals surface area contributed by atoms with Crippen LogP contribution in [-0.4, -0.2) is 36.3 Å². The number of hydrogen-bond acceptors (Lipinski definition) is 4. The quantitative estimate of drug-likeness (QED) is 0.272. The zero-order chi connectivity index (χ0) is 19.8. The Hall–Kier alpha value is -1.32. The first-order chi connectivity index (χ1) is 12.2.